The van der Waals surface area contributed by atoms with Crippen molar-refractivity contribution in [3.63, 3.8) is 0 Å². The smallest absolute Gasteiger partial charge is 0.255 e. The van der Waals surface area contributed by atoms with Crippen molar-refractivity contribution in [1.29, 1.82) is 0 Å². The molecular formula is C14H21ClN2O. The van der Waals surface area contributed by atoms with Gasteiger partial charge in [0.1, 0.15) is 0 Å². The molecule has 2 N–H and O–H groups in total. The second-order valence-corrected chi connectivity index (χ2v) is 5.54. The molecule has 0 saturated heterocycles. The number of anilines is 1. The number of benzene rings is 1. The van der Waals surface area contributed by atoms with Gasteiger partial charge in [-0.05, 0) is 37.5 Å². The summed E-state index contributed by atoms with van der Waals surface area (Å²) >= 11 is 6.05. The molecule has 0 fully saturated rings. The number of rotatable bonds is 4. The predicted octanol–water partition coefficient (Wildman–Crippen LogP) is 3.43. The summed E-state index contributed by atoms with van der Waals surface area (Å²) in [6.45, 7) is 6.33. The fraction of sp³-hybridized carbons (Fsp3) is 0.500. The Bertz CT molecular complexity index is 432. The van der Waals surface area contributed by atoms with Crippen molar-refractivity contribution in [3.8, 4) is 0 Å². The van der Waals surface area contributed by atoms with E-state index in [4.69, 9.17) is 17.3 Å². The highest BCUT2D eigenvalue weighted by Gasteiger charge is 2.20. The lowest BCUT2D eigenvalue weighted by Crippen LogP contribution is -2.36. The second-order valence-electron chi connectivity index (χ2n) is 5.13. The van der Waals surface area contributed by atoms with E-state index in [0.717, 1.165) is 6.42 Å². The van der Waals surface area contributed by atoms with Gasteiger partial charge in [0.05, 0.1) is 10.6 Å². The summed E-state index contributed by atoms with van der Waals surface area (Å²) in [6.07, 6.45) is 0.967. The van der Waals surface area contributed by atoms with Gasteiger partial charge in [-0.25, -0.2) is 0 Å². The van der Waals surface area contributed by atoms with Gasteiger partial charge in [0.2, 0.25) is 0 Å². The minimum Gasteiger partial charge on any atom is -0.399 e. The van der Waals surface area contributed by atoms with Gasteiger partial charge in [-0.1, -0.05) is 25.4 Å². The summed E-state index contributed by atoms with van der Waals surface area (Å²) in [5.41, 5.74) is 6.69. The fourth-order valence-corrected chi connectivity index (χ4v) is 2.21. The predicted molar refractivity (Wildman–Crippen MR) is 76.9 cm³/mol. The molecule has 18 heavy (non-hydrogen) atoms. The summed E-state index contributed by atoms with van der Waals surface area (Å²) in [6, 6.07) is 5.17. The van der Waals surface area contributed by atoms with Crippen molar-refractivity contribution in [2.24, 2.45) is 5.92 Å². The summed E-state index contributed by atoms with van der Waals surface area (Å²) in [4.78, 5) is 14.0. The van der Waals surface area contributed by atoms with Crippen LogP contribution in [0.4, 0.5) is 5.69 Å². The van der Waals surface area contributed by atoms with Crippen LogP contribution in [0.15, 0.2) is 18.2 Å². The molecule has 100 valence electrons. The molecule has 1 amide bonds. The SMILES string of the molecule is CC(C)CC(C)N(C)C(=O)c1ccc(N)cc1Cl. The van der Waals surface area contributed by atoms with Crippen LogP contribution in [0.2, 0.25) is 5.02 Å². The summed E-state index contributed by atoms with van der Waals surface area (Å²) in [5.74, 6) is 0.491. The van der Waals surface area contributed by atoms with Crippen LogP contribution in [0.3, 0.4) is 0 Å². The third kappa shape index (κ3) is 3.64. The van der Waals surface area contributed by atoms with E-state index in [-0.39, 0.29) is 11.9 Å². The van der Waals surface area contributed by atoms with E-state index in [1.165, 1.54) is 0 Å². The van der Waals surface area contributed by atoms with E-state index in [1.807, 2.05) is 14.0 Å². The van der Waals surface area contributed by atoms with E-state index >= 15 is 0 Å². The normalized spacial score (nSPS) is 12.6. The zero-order valence-electron chi connectivity index (χ0n) is 11.4. The summed E-state index contributed by atoms with van der Waals surface area (Å²) in [7, 11) is 1.81. The highest BCUT2D eigenvalue weighted by molar-refractivity contribution is 6.34. The number of amides is 1. The van der Waals surface area contributed by atoms with Crippen molar-refractivity contribution < 1.29 is 4.79 Å². The summed E-state index contributed by atoms with van der Waals surface area (Å²) < 4.78 is 0. The first kappa shape index (κ1) is 14.8. The van der Waals surface area contributed by atoms with E-state index in [1.54, 1.807) is 23.1 Å². The van der Waals surface area contributed by atoms with Crippen molar-refractivity contribution in [1.82, 2.24) is 4.90 Å². The molecule has 0 bridgehead atoms. The molecule has 0 saturated carbocycles. The van der Waals surface area contributed by atoms with Crippen LogP contribution in [0.5, 0.6) is 0 Å². The van der Waals surface area contributed by atoms with Crippen LogP contribution in [-0.2, 0) is 0 Å². The van der Waals surface area contributed by atoms with Crippen molar-refractivity contribution >= 4 is 23.2 Å². The van der Waals surface area contributed by atoms with Gasteiger partial charge >= 0.3 is 0 Å². The Labute approximate surface area is 114 Å². The van der Waals surface area contributed by atoms with E-state index in [2.05, 4.69) is 13.8 Å². The standard InChI is InChI=1S/C14H21ClN2O/c1-9(2)7-10(3)17(4)14(18)12-6-5-11(16)8-13(12)15/h5-6,8-10H,7,16H2,1-4H3. The number of hydrogen-bond donors (Lipinski definition) is 1. The molecule has 1 rings (SSSR count). The van der Waals surface area contributed by atoms with Crippen LogP contribution in [-0.4, -0.2) is 23.9 Å². The third-order valence-corrected chi connectivity index (χ3v) is 3.33. The number of nitrogen functional groups attached to an aromatic ring is 1. The average Bonchev–Trinajstić information content (AvgIpc) is 2.26. The maximum Gasteiger partial charge on any atom is 0.255 e. The molecule has 1 aromatic carbocycles. The summed E-state index contributed by atoms with van der Waals surface area (Å²) in [5, 5.41) is 0.406. The maximum atomic E-state index is 12.3. The molecular weight excluding hydrogens is 248 g/mol. The highest BCUT2D eigenvalue weighted by atomic mass is 35.5. The zero-order valence-corrected chi connectivity index (χ0v) is 12.2. The van der Waals surface area contributed by atoms with Gasteiger partial charge in [0, 0.05) is 18.8 Å². The lowest BCUT2D eigenvalue weighted by molar-refractivity contribution is 0.0728. The average molecular weight is 269 g/mol. The van der Waals surface area contributed by atoms with Crippen LogP contribution < -0.4 is 5.73 Å². The Morgan fingerprint density at radius 3 is 2.50 bits per heavy atom. The number of nitrogens with two attached hydrogens (primary N) is 1. The minimum atomic E-state index is -0.0619. The molecule has 3 nitrogen and oxygen atoms in total. The van der Waals surface area contributed by atoms with Gasteiger partial charge in [-0.3, -0.25) is 4.79 Å². The largest absolute Gasteiger partial charge is 0.399 e. The van der Waals surface area contributed by atoms with Crippen LogP contribution in [0.1, 0.15) is 37.6 Å². The van der Waals surface area contributed by atoms with Crippen LogP contribution in [0, 0.1) is 5.92 Å². The van der Waals surface area contributed by atoms with Gasteiger partial charge in [0.15, 0.2) is 0 Å². The molecule has 4 heteroatoms. The molecule has 0 spiro atoms. The quantitative estimate of drug-likeness (QED) is 0.851. The lowest BCUT2D eigenvalue weighted by Gasteiger charge is -2.26. The first-order valence-corrected chi connectivity index (χ1v) is 6.53. The van der Waals surface area contributed by atoms with Crippen molar-refractivity contribution in [3.05, 3.63) is 28.8 Å². The number of carbonyl (C=O) groups excluding carboxylic acids is 1. The van der Waals surface area contributed by atoms with Crippen molar-refractivity contribution in [2.45, 2.75) is 33.2 Å². The molecule has 0 radical (unpaired) electrons. The maximum absolute atomic E-state index is 12.3. The lowest BCUT2D eigenvalue weighted by atomic mass is 10.0. The van der Waals surface area contributed by atoms with E-state index < -0.39 is 0 Å². The van der Waals surface area contributed by atoms with Crippen LogP contribution in [0.25, 0.3) is 0 Å². The van der Waals surface area contributed by atoms with E-state index in [9.17, 15) is 4.79 Å². The van der Waals surface area contributed by atoms with Gasteiger partial charge in [-0.15, -0.1) is 0 Å². The van der Waals surface area contributed by atoms with Gasteiger partial charge < -0.3 is 10.6 Å². The topological polar surface area (TPSA) is 46.3 Å². The Morgan fingerprint density at radius 1 is 1.39 bits per heavy atom. The number of halogens is 1. The third-order valence-electron chi connectivity index (χ3n) is 3.02. The molecule has 0 aliphatic carbocycles. The van der Waals surface area contributed by atoms with Crippen LogP contribution >= 0.6 is 11.6 Å². The fourth-order valence-electron chi connectivity index (χ4n) is 1.94. The molecule has 0 heterocycles. The van der Waals surface area contributed by atoms with Gasteiger partial charge in [0.25, 0.3) is 5.91 Å². The molecule has 1 atom stereocenters. The molecule has 1 aromatic rings. The van der Waals surface area contributed by atoms with Crippen molar-refractivity contribution in [2.75, 3.05) is 12.8 Å². The highest BCUT2D eigenvalue weighted by Crippen LogP contribution is 2.22. The Kier molecular flexibility index (Phi) is 5.03. The Balaban J connectivity index is 2.86. The molecule has 0 aliphatic rings. The zero-order chi connectivity index (χ0) is 13.9. The molecule has 0 aromatic heterocycles. The number of hydrogen-bond acceptors (Lipinski definition) is 2. The first-order chi connectivity index (χ1) is 8.32. The van der Waals surface area contributed by atoms with Gasteiger partial charge in [-0.2, -0.15) is 0 Å². The Morgan fingerprint density at radius 2 is 2.00 bits per heavy atom. The number of carbonyl (C=O) groups is 1. The molecule has 1 unspecified atom stereocenters. The second kappa shape index (κ2) is 6.10. The van der Waals surface area contributed by atoms with E-state index in [0.29, 0.717) is 22.2 Å². The first-order valence-electron chi connectivity index (χ1n) is 6.15. The molecule has 0 aliphatic heterocycles. The number of nitrogens with zero attached hydrogens (tertiary/aromatic N) is 1. The monoisotopic (exact) mass is 268 g/mol. The minimum absolute atomic E-state index is 0.0619. The Hall–Kier alpha value is -1.22.